The molecule has 0 saturated heterocycles. The largest absolute Gasteiger partial charge is 0.478 e. The zero-order valence-corrected chi connectivity index (χ0v) is 12.7. The summed E-state index contributed by atoms with van der Waals surface area (Å²) in [6.07, 6.45) is 1.22. The van der Waals surface area contributed by atoms with E-state index in [-0.39, 0.29) is 13.0 Å². The second kappa shape index (κ2) is 9.37. The Balaban J connectivity index is 2.72. The fourth-order valence-corrected chi connectivity index (χ4v) is 1.64. The smallest absolute Gasteiger partial charge is 0.374 e. The first kappa shape index (κ1) is 18.4. The molecule has 7 nitrogen and oxygen atoms in total. The number of carbonyl (C=O) groups excluding carboxylic acids is 2. The van der Waals surface area contributed by atoms with E-state index in [4.69, 9.17) is 20.3 Å². The van der Waals surface area contributed by atoms with Crippen LogP contribution in [0.25, 0.3) is 0 Å². The Bertz CT molecular complexity index is 581. The first-order valence-electron chi connectivity index (χ1n) is 7.07. The highest BCUT2D eigenvalue weighted by molar-refractivity contribution is 5.96. The van der Waals surface area contributed by atoms with Crippen LogP contribution in [0.3, 0.4) is 0 Å². The van der Waals surface area contributed by atoms with Gasteiger partial charge in [0.15, 0.2) is 0 Å². The summed E-state index contributed by atoms with van der Waals surface area (Å²) >= 11 is 0. The fourth-order valence-electron chi connectivity index (χ4n) is 1.64. The van der Waals surface area contributed by atoms with Gasteiger partial charge in [-0.1, -0.05) is 37.3 Å². The molecule has 1 atom stereocenters. The van der Waals surface area contributed by atoms with E-state index in [1.165, 1.54) is 0 Å². The van der Waals surface area contributed by atoms with E-state index in [2.05, 4.69) is 0 Å². The van der Waals surface area contributed by atoms with Gasteiger partial charge in [0, 0.05) is 0 Å². The number of nitrogens with two attached hydrogens (primary N) is 1. The summed E-state index contributed by atoms with van der Waals surface area (Å²) in [5.41, 5.74) is 6.54. The van der Waals surface area contributed by atoms with Crippen molar-refractivity contribution in [2.75, 3.05) is 6.61 Å². The summed E-state index contributed by atoms with van der Waals surface area (Å²) < 4.78 is 9.56. The van der Waals surface area contributed by atoms with Crippen LogP contribution in [-0.2, 0) is 30.3 Å². The monoisotopic (exact) mass is 321 g/mol. The summed E-state index contributed by atoms with van der Waals surface area (Å²) in [7, 11) is 0. The lowest BCUT2D eigenvalue weighted by Gasteiger charge is -2.12. The van der Waals surface area contributed by atoms with Gasteiger partial charge in [-0.3, -0.25) is 0 Å². The molecule has 0 aliphatic carbocycles. The van der Waals surface area contributed by atoms with Gasteiger partial charge in [0.1, 0.15) is 6.04 Å². The summed E-state index contributed by atoms with van der Waals surface area (Å²) in [6.45, 7) is 1.86. The van der Waals surface area contributed by atoms with Crippen molar-refractivity contribution in [3.63, 3.8) is 0 Å². The molecule has 0 aliphatic rings. The molecule has 0 amide bonds. The number of carboxylic acid groups (broad SMARTS) is 1. The SMILES string of the molecule is CCCOC(=O)/C(=C/C(=O)O)OC(=O)C(N)Cc1ccccc1. The van der Waals surface area contributed by atoms with Gasteiger partial charge in [-0.2, -0.15) is 0 Å². The van der Waals surface area contributed by atoms with E-state index in [0.717, 1.165) is 5.56 Å². The molecule has 0 fully saturated rings. The summed E-state index contributed by atoms with van der Waals surface area (Å²) in [5, 5.41) is 8.74. The molecule has 0 aromatic heterocycles. The Morgan fingerprint density at radius 2 is 1.91 bits per heavy atom. The standard InChI is InChI=1S/C16H19NO6/c1-2-8-22-16(21)13(10-14(18)19)23-15(20)12(17)9-11-6-4-3-5-7-11/h3-7,10,12H,2,8-9,17H2,1H3,(H,18,19)/b13-10-. The molecule has 1 aromatic rings. The lowest BCUT2D eigenvalue weighted by molar-refractivity contribution is -0.152. The van der Waals surface area contributed by atoms with Gasteiger partial charge < -0.3 is 20.3 Å². The molecular weight excluding hydrogens is 302 g/mol. The maximum atomic E-state index is 11.9. The number of hydrogen-bond donors (Lipinski definition) is 2. The number of carboxylic acids is 1. The average Bonchev–Trinajstić information content (AvgIpc) is 2.52. The predicted molar refractivity (Wildman–Crippen MR) is 81.2 cm³/mol. The van der Waals surface area contributed by atoms with Gasteiger partial charge in [-0.15, -0.1) is 0 Å². The van der Waals surface area contributed by atoms with Crippen molar-refractivity contribution in [1.29, 1.82) is 0 Å². The van der Waals surface area contributed by atoms with Crippen LogP contribution in [0.15, 0.2) is 42.2 Å². The van der Waals surface area contributed by atoms with Gasteiger partial charge in [0.05, 0.1) is 12.7 Å². The minimum absolute atomic E-state index is 0.0867. The molecule has 0 saturated carbocycles. The van der Waals surface area contributed by atoms with Crippen molar-refractivity contribution >= 4 is 17.9 Å². The third-order valence-corrected chi connectivity index (χ3v) is 2.70. The summed E-state index contributed by atoms with van der Waals surface area (Å²) in [5.74, 6) is -4.05. The van der Waals surface area contributed by atoms with Crippen LogP contribution in [0.5, 0.6) is 0 Å². The fraction of sp³-hybridized carbons (Fsp3) is 0.312. The van der Waals surface area contributed by atoms with Crippen molar-refractivity contribution in [1.82, 2.24) is 0 Å². The highest BCUT2D eigenvalue weighted by atomic mass is 16.6. The molecule has 1 rings (SSSR count). The zero-order valence-electron chi connectivity index (χ0n) is 12.7. The Labute approximate surface area is 133 Å². The second-order valence-corrected chi connectivity index (χ2v) is 4.70. The minimum Gasteiger partial charge on any atom is -0.478 e. The Hall–Kier alpha value is -2.67. The van der Waals surface area contributed by atoms with Gasteiger partial charge >= 0.3 is 17.9 Å². The number of carbonyl (C=O) groups is 3. The number of benzene rings is 1. The first-order valence-corrected chi connectivity index (χ1v) is 7.07. The number of ether oxygens (including phenoxy) is 2. The molecule has 1 aromatic carbocycles. The van der Waals surface area contributed by atoms with Crippen molar-refractivity contribution < 1.29 is 29.0 Å². The Morgan fingerprint density at radius 3 is 2.48 bits per heavy atom. The predicted octanol–water partition coefficient (Wildman–Crippen LogP) is 1.02. The number of esters is 2. The average molecular weight is 321 g/mol. The first-order chi connectivity index (χ1) is 10.9. The van der Waals surface area contributed by atoms with Gasteiger partial charge in [0.2, 0.25) is 5.76 Å². The molecule has 0 bridgehead atoms. The number of aliphatic carboxylic acids is 1. The maximum absolute atomic E-state index is 11.9. The van der Waals surface area contributed by atoms with E-state index in [1.54, 1.807) is 31.2 Å². The molecule has 124 valence electrons. The van der Waals surface area contributed by atoms with E-state index in [0.29, 0.717) is 12.5 Å². The molecule has 7 heteroatoms. The van der Waals surface area contributed by atoms with Crippen LogP contribution < -0.4 is 5.73 Å². The molecule has 0 aliphatic heterocycles. The highest BCUT2D eigenvalue weighted by Crippen LogP contribution is 2.07. The van der Waals surface area contributed by atoms with Crippen LogP contribution in [0.2, 0.25) is 0 Å². The molecule has 0 heterocycles. The van der Waals surface area contributed by atoms with Crippen molar-refractivity contribution in [3.8, 4) is 0 Å². The van der Waals surface area contributed by atoms with Crippen molar-refractivity contribution in [2.24, 2.45) is 5.73 Å². The second-order valence-electron chi connectivity index (χ2n) is 4.70. The third-order valence-electron chi connectivity index (χ3n) is 2.70. The number of rotatable bonds is 8. The van der Waals surface area contributed by atoms with Gasteiger partial charge in [0.25, 0.3) is 0 Å². The topological polar surface area (TPSA) is 116 Å². The molecule has 0 spiro atoms. The summed E-state index contributed by atoms with van der Waals surface area (Å²) in [4.78, 5) is 34.3. The zero-order chi connectivity index (χ0) is 17.2. The van der Waals surface area contributed by atoms with E-state index in [9.17, 15) is 14.4 Å². The van der Waals surface area contributed by atoms with Gasteiger partial charge in [-0.05, 0) is 18.4 Å². The maximum Gasteiger partial charge on any atom is 0.374 e. The highest BCUT2D eigenvalue weighted by Gasteiger charge is 2.23. The van der Waals surface area contributed by atoms with Gasteiger partial charge in [-0.25, -0.2) is 14.4 Å². The number of hydrogen-bond acceptors (Lipinski definition) is 6. The van der Waals surface area contributed by atoms with Crippen LogP contribution >= 0.6 is 0 Å². The van der Waals surface area contributed by atoms with E-state index < -0.39 is 29.7 Å². The molecular formula is C16H19NO6. The molecule has 1 unspecified atom stereocenters. The van der Waals surface area contributed by atoms with Crippen LogP contribution in [0, 0.1) is 0 Å². The van der Waals surface area contributed by atoms with E-state index in [1.807, 2.05) is 6.07 Å². The lowest BCUT2D eigenvalue weighted by Crippen LogP contribution is -2.35. The quantitative estimate of drug-likeness (QED) is 0.417. The normalized spacial score (nSPS) is 12.3. The minimum atomic E-state index is -1.43. The Morgan fingerprint density at radius 1 is 1.26 bits per heavy atom. The molecule has 23 heavy (non-hydrogen) atoms. The summed E-state index contributed by atoms with van der Waals surface area (Å²) in [6, 6.07) is 7.96. The van der Waals surface area contributed by atoms with Crippen LogP contribution in [-0.4, -0.2) is 35.7 Å². The van der Waals surface area contributed by atoms with Crippen molar-refractivity contribution in [3.05, 3.63) is 47.7 Å². The lowest BCUT2D eigenvalue weighted by atomic mass is 10.1. The van der Waals surface area contributed by atoms with E-state index >= 15 is 0 Å². The molecule has 0 radical (unpaired) electrons. The van der Waals surface area contributed by atoms with Crippen LogP contribution in [0.1, 0.15) is 18.9 Å². The third kappa shape index (κ3) is 6.75. The Kier molecular flexibility index (Phi) is 7.49. The molecule has 3 N–H and O–H groups in total. The van der Waals surface area contributed by atoms with Crippen molar-refractivity contribution in [2.45, 2.75) is 25.8 Å². The van der Waals surface area contributed by atoms with Crippen LogP contribution in [0.4, 0.5) is 0 Å².